The Balaban J connectivity index is 0.000000623. The number of hydrogen-bond acceptors (Lipinski definition) is 20. The predicted octanol–water partition coefficient (Wildman–Crippen LogP) is 16.7. The predicted molar refractivity (Wildman–Crippen MR) is 394 cm³/mol. The van der Waals surface area contributed by atoms with Crippen LogP contribution in [0.1, 0.15) is 288 Å². The Morgan fingerprint density at radius 2 is 0.843 bits per heavy atom. The van der Waals surface area contributed by atoms with Crippen molar-refractivity contribution in [2.75, 3.05) is 0 Å². The van der Waals surface area contributed by atoms with E-state index < -0.39 is 32.7 Å². The molecule has 102 heavy (non-hydrogen) atoms. The Labute approximate surface area is 616 Å². The Bertz CT molecular complexity index is 2970. The van der Waals surface area contributed by atoms with Crippen molar-refractivity contribution >= 4 is 59.7 Å². The summed E-state index contributed by atoms with van der Waals surface area (Å²) in [6, 6.07) is 0. The summed E-state index contributed by atoms with van der Waals surface area (Å²) < 4.78 is 55.6. The number of fused-ring (bicyclic) bond motifs is 5. The normalized spacial score (nSPS) is 38.8. The zero-order valence-electron chi connectivity index (χ0n) is 57.6. The maximum absolute atomic E-state index is 12.3. The van der Waals surface area contributed by atoms with Gasteiger partial charge in [0, 0.05) is 58.7 Å². The summed E-state index contributed by atoms with van der Waals surface area (Å²) >= 11 is 0. The van der Waals surface area contributed by atoms with Gasteiger partial charge in [-0.25, -0.2) is 0 Å². The standard InChI is InChI=1S/3C15H22O4.C14H20O4.C13H18O4.10CH4/c1-5-14(2,3)13(17)19-11-10-8-6-15(11,4)7-9(8)12(16)18-10;1-5-14(2,3)12(16)19-11-8-6-9-10(7-8)18-13(17)15(9,11)4;1-5-14(2,3)13(17)18-11-8-6-9-10(7-8)15(11,4)19-12(9)16;1-4-14(2,3)13(16)18-11-7-5-8-9(6-7)17-12(15)10(8)11;1-3-6(2)12(14)17-11-7-4-8-9(5-7)16-13(15)10(8)11;;;;;;;;;;/h3*8-11H,5-7H2,1-4H3;7-11H,4-6H2,1-3H3;6-11H,3-5H2,1-2H3;10*1H4. The third-order valence-corrected chi connectivity index (χ3v) is 26.6. The van der Waals surface area contributed by atoms with Crippen LogP contribution in [0.2, 0.25) is 0 Å². The molecule has 0 radical (unpaired) electrons. The summed E-state index contributed by atoms with van der Waals surface area (Å²) in [4.78, 5) is 120. The van der Waals surface area contributed by atoms with Gasteiger partial charge in [-0.2, -0.15) is 0 Å². The minimum atomic E-state index is -0.604. The van der Waals surface area contributed by atoms with Gasteiger partial charge in [-0.1, -0.05) is 123 Å². The molecule has 0 aromatic rings. The molecule has 15 fully saturated rings. The molecular weight excluding hydrogens is 1300 g/mol. The molecule has 592 valence electrons. The quantitative estimate of drug-likeness (QED) is 0.109. The van der Waals surface area contributed by atoms with Crippen molar-refractivity contribution in [3.8, 4) is 0 Å². The minimum Gasteiger partial charge on any atom is -0.462 e. The summed E-state index contributed by atoms with van der Waals surface area (Å²) in [5.41, 5.74) is -3.16. The highest BCUT2D eigenvalue weighted by Crippen LogP contribution is 2.65. The molecule has 0 spiro atoms. The highest BCUT2D eigenvalue weighted by Gasteiger charge is 2.73. The highest BCUT2D eigenvalue weighted by molar-refractivity contribution is 5.84. The molecule has 10 aliphatic carbocycles. The van der Waals surface area contributed by atoms with Gasteiger partial charge in [-0.15, -0.1) is 0 Å². The molecule has 10 saturated carbocycles. The largest absolute Gasteiger partial charge is 0.462 e. The summed E-state index contributed by atoms with van der Waals surface area (Å²) in [6.45, 7) is 32.9. The number of carbonyl (C=O) groups is 10. The van der Waals surface area contributed by atoms with E-state index in [1.165, 1.54) is 0 Å². The van der Waals surface area contributed by atoms with Crippen LogP contribution < -0.4 is 0 Å². The van der Waals surface area contributed by atoms with Gasteiger partial charge in [0.15, 0.2) is 0 Å². The molecule has 5 aliphatic heterocycles. The van der Waals surface area contributed by atoms with Crippen LogP contribution in [0.25, 0.3) is 0 Å². The number of hydrogen-bond donors (Lipinski definition) is 0. The second-order valence-electron chi connectivity index (χ2n) is 33.6. The monoisotopic (exact) mass is 1450 g/mol. The van der Waals surface area contributed by atoms with Gasteiger partial charge in [0.2, 0.25) is 0 Å². The Hall–Kier alpha value is -5.30. The van der Waals surface area contributed by atoms with Crippen molar-refractivity contribution in [3.05, 3.63) is 0 Å². The Kier molecular flexibility index (Phi) is 30.9. The van der Waals surface area contributed by atoms with E-state index in [2.05, 4.69) is 6.92 Å². The molecule has 0 N–H and O–H groups in total. The topological polar surface area (TPSA) is 263 Å². The summed E-state index contributed by atoms with van der Waals surface area (Å²) in [5, 5.41) is 0. The van der Waals surface area contributed by atoms with Gasteiger partial charge in [0.25, 0.3) is 0 Å². The van der Waals surface area contributed by atoms with Gasteiger partial charge < -0.3 is 47.4 Å². The zero-order valence-corrected chi connectivity index (χ0v) is 57.6. The SMILES string of the molecule is C.C.C.C.C.C.C.C.C.C.CCC(C)(C)C(=O)OC1C2CC3C(=O)OC1(C)C3C2.CCC(C)(C)C(=O)OC1C2CC3OC(=O)C1(C)C3C2.CCC(C)(C)C(=O)OC1C2CC3OC(=O)C1C3C2.CCC(C)(C)C(=O)OC1C2OC(=O)C3CC1(C)CC32.CCC(C)C(=O)OC1C2CC3OC(=O)C1C3C2. The fourth-order valence-corrected chi connectivity index (χ4v) is 18.8. The lowest BCUT2D eigenvalue weighted by molar-refractivity contribution is -0.181. The molecule has 5 saturated heterocycles. The van der Waals surface area contributed by atoms with E-state index in [1.54, 1.807) is 0 Å². The second kappa shape index (κ2) is 33.2. The van der Waals surface area contributed by atoms with Crippen molar-refractivity contribution < 1.29 is 95.3 Å². The first kappa shape index (κ1) is 94.7. The smallest absolute Gasteiger partial charge is 0.316 e. The molecule has 5 heterocycles. The molecule has 0 aromatic heterocycles. The molecule has 15 rings (SSSR count). The molecule has 26 atom stereocenters. The fourth-order valence-electron chi connectivity index (χ4n) is 18.8. The lowest BCUT2D eigenvalue weighted by Crippen LogP contribution is -2.47. The third-order valence-electron chi connectivity index (χ3n) is 26.6. The van der Waals surface area contributed by atoms with E-state index in [-0.39, 0.29) is 242 Å². The van der Waals surface area contributed by atoms with E-state index in [0.29, 0.717) is 35.5 Å². The minimum absolute atomic E-state index is 0. The van der Waals surface area contributed by atoms with Crippen molar-refractivity contribution in [2.24, 2.45) is 115 Å². The van der Waals surface area contributed by atoms with Gasteiger partial charge in [-0.3, -0.25) is 47.9 Å². The van der Waals surface area contributed by atoms with Crippen LogP contribution in [0.5, 0.6) is 0 Å². The molecule has 20 heteroatoms. The van der Waals surface area contributed by atoms with Crippen LogP contribution in [0.3, 0.4) is 0 Å². The average molecular weight is 1450 g/mol. The van der Waals surface area contributed by atoms with E-state index in [0.717, 1.165) is 96.3 Å². The fraction of sp³-hybridized carbons (Fsp3) is 0.878. The third kappa shape index (κ3) is 15.5. The van der Waals surface area contributed by atoms with Crippen molar-refractivity contribution in [1.29, 1.82) is 0 Å². The van der Waals surface area contributed by atoms with Gasteiger partial charge in [0.1, 0.15) is 77.8 Å². The van der Waals surface area contributed by atoms with Crippen LogP contribution in [-0.2, 0) is 95.3 Å². The molecule has 26 unspecified atom stereocenters. The molecule has 10 bridgehead atoms. The van der Waals surface area contributed by atoms with E-state index in [4.69, 9.17) is 47.4 Å². The van der Waals surface area contributed by atoms with E-state index in [9.17, 15) is 47.9 Å². The number of esters is 10. The highest BCUT2D eigenvalue weighted by atomic mass is 16.6. The van der Waals surface area contributed by atoms with Crippen LogP contribution >= 0.6 is 0 Å². The average Bonchev–Trinajstić information content (AvgIpc) is 1.54. The van der Waals surface area contributed by atoms with Crippen molar-refractivity contribution in [2.45, 2.75) is 349 Å². The van der Waals surface area contributed by atoms with E-state index in [1.807, 2.05) is 111 Å². The lowest BCUT2D eigenvalue weighted by atomic mass is 9.73. The van der Waals surface area contributed by atoms with Crippen LogP contribution in [0, 0.1) is 115 Å². The maximum atomic E-state index is 12.3. The summed E-state index contributed by atoms with van der Waals surface area (Å²) in [6.07, 6.45) is 11.6. The summed E-state index contributed by atoms with van der Waals surface area (Å²) in [5.74, 6) is 0.712. The number of carbonyl (C=O) groups excluding carboxylic acids is 10. The number of ether oxygens (including phenoxy) is 10. The van der Waals surface area contributed by atoms with Gasteiger partial charge >= 0.3 is 59.7 Å². The zero-order chi connectivity index (χ0) is 67.2. The van der Waals surface area contributed by atoms with Crippen LogP contribution in [0.15, 0.2) is 0 Å². The first-order valence-corrected chi connectivity index (χ1v) is 35.0. The Morgan fingerprint density at radius 3 is 1.30 bits per heavy atom. The van der Waals surface area contributed by atoms with E-state index >= 15 is 0 Å². The van der Waals surface area contributed by atoms with Gasteiger partial charge in [-0.05, 0) is 166 Å². The van der Waals surface area contributed by atoms with Crippen molar-refractivity contribution in [1.82, 2.24) is 0 Å². The van der Waals surface area contributed by atoms with Crippen LogP contribution in [0.4, 0.5) is 0 Å². The van der Waals surface area contributed by atoms with Crippen molar-refractivity contribution in [3.63, 3.8) is 0 Å². The maximum Gasteiger partial charge on any atom is 0.316 e. The lowest BCUT2D eigenvalue weighted by Gasteiger charge is -2.36. The molecule has 0 aromatic carbocycles. The summed E-state index contributed by atoms with van der Waals surface area (Å²) in [7, 11) is 0. The molecule has 20 nitrogen and oxygen atoms in total. The molecule has 15 aliphatic rings. The van der Waals surface area contributed by atoms with Crippen LogP contribution in [-0.4, -0.2) is 120 Å². The Morgan fingerprint density at radius 1 is 0.431 bits per heavy atom. The van der Waals surface area contributed by atoms with Gasteiger partial charge in [0.05, 0.1) is 39.4 Å². The molecular formula is C82H144O20. The first-order valence-electron chi connectivity index (χ1n) is 35.0. The molecule has 0 amide bonds. The first-order chi connectivity index (χ1) is 42.9. The second-order valence-corrected chi connectivity index (χ2v) is 33.6. The number of rotatable bonds is 15.